The lowest BCUT2D eigenvalue weighted by atomic mass is 10.0. The molecule has 0 radical (unpaired) electrons. The minimum atomic E-state index is -0.566. The van der Waals surface area contributed by atoms with Gasteiger partial charge in [0.1, 0.15) is 11.0 Å². The maximum Gasteiger partial charge on any atom is 0.137 e. The van der Waals surface area contributed by atoms with Crippen molar-refractivity contribution in [3.05, 3.63) is 29.2 Å². The molecular weight excluding hydrogens is 250 g/mol. The summed E-state index contributed by atoms with van der Waals surface area (Å²) >= 11 is 5.95. The Labute approximate surface area is 110 Å². The largest absolute Gasteiger partial charge is 0.389 e. The fourth-order valence-corrected chi connectivity index (χ4v) is 2.39. The first-order valence-corrected chi connectivity index (χ1v) is 6.42. The van der Waals surface area contributed by atoms with E-state index < -0.39 is 6.10 Å². The van der Waals surface area contributed by atoms with Gasteiger partial charge in [0.2, 0.25) is 0 Å². The van der Waals surface area contributed by atoms with Crippen LogP contribution in [0.4, 0.5) is 5.82 Å². The van der Waals surface area contributed by atoms with Crippen molar-refractivity contribution >= 4 is 28.2 Å². The highest BCUT2D eigenvalue weighted by Gasteiger charge is 2.20. The topological polar surface area (TPSA) is 49.3 Å². The molecule has 0 aromatic carbocycles. The fourth-order valence-electron chi connectivity index (χ4n) is 2.23. The van der Waals surface area contributed by atoms with Gasteiger partial charge in [-0.25, -0.2) is 9.97 Å². The minimum absolute atomic E-state index is 0.435. The van der Waals surface area contributed by atoms with E-state index >= 15 is 0 Å². The highest BCUT2D eigenvalue weighted by molar-refractivity contribution is 6.30. The number of aromatic nitrogens is 2. The lowest BCUT2D eigenvalue weighted by Crippen LogP contribution is -2.37. The SMILES string of the molecule is CC(O)c1cnc(N2CCC2)c2cnc(Cl)cc12. The Balaban J connectivity index is 2.25. The molecule has 0 aliphatic carbocycles. The standard InChI is InChI=1S/C13H14ClN3O/c1-8(18)10-6-16-13(17-3-2-4-17)11-7-15-12(14)5-9(10)11/h5-8,18H,2-4H2,1H3. The van der Waals surface area contributed by atoms with Gasteiger partial charge in [0.25, 0.3) is 0 Å². The Morgan fingerprint density at radius 2 is 2.06 bits per heavy atom. The predicted molar refractivity (Wildman–Crippen MR) is 72.0 cm³/mol. The number of aliphatic hydroxyl groups is 1. The molecule has 1 unspecified atom stereocenters. The van der Waals surface area contributed by atoms with E-state index in [1.54, 1.807) is 25.4 Å². The number of nitrogens with zero attached hydrogens (tertiary/aromatic N) is 3. The van der Waals surface area contributed by atoms with Crippen LogP contribution in [0.3, 0.4) is 0 Å². The summed E-state index contributed by atoms with van der Waals surface area (Å²) in [4.78, 5) is 10.8. The Hall–Kier alpha value is -1.39. The first kappa shape index (κ1) is 11.7. The van der Waals surface area contributed by atoms with Crippen LogP contribution in [0.2, 0.25) is 5.15 Å². The third kappa shape index (κ3) is 1.82. The van der Waals surface area contributed by atoms with Gasteiger partial charge < -0.3 is 10.0 Å². The Morgan fingerprint density at radius 3 is 2.67 bits per heavy atom. The molecule has 0 amide bonds. The number of rotatable bonds is 2. The monoisotopic (exact) mass is 263 g/mol. The van der Waals surface area contributed by atoms with Crippen LogP contribution in [0.15, 0.2) is 18.5 Å². The smallest absolute Gasteiger partial charge is 0.137 e. The predicted octanol–water partition coefficient (Wildman–Crippen LogP) is 2.55. The van der Waals surface area contributed by atoms with E-state index in [9.17, 15) is 5.11 Å². The van der Waals surface area contributed by atoms with Gasteiger partial charge in [0.05, 0.1) is 6.10 Å². The lowest BCUT2D eigenvalue weighted by molar-refractivity contribution is 0.200. The number of anilines is 1. The van der Waals surface area contributed by atoms with E-state index in [2.05, 4.69) is 14.9 Å². The molecule has 3 rings (SSSR count). The first-order chi connectivity index (χ1) is 8.66. The molecule has 2 aromatic rings. The molecule has 5 heteroatoms. The molecule has 1 atom stereocenters. The molecule has 0 saturated carbocycles. The number of hydrogen-bond donors (Lipinski definition) is 1. The molecule has 1 aliphatic heterocycles. The van der Waals surface area contributed by atoms with E-state index in [-0.39, 0.29) is 0 Å². The molecule has 0 spiro atoms. The molecule has 4 nitrogen and oxygen atoms in total. The highest BCUT2D eigenvalue weighted by atomic mass is 35.5. The molecule has 0 bridgehead atoms. The van der Waals surface area contributed by atoms with Crippen molar-refractivity contribution in [3.8, 4) is 0 Å². The summed E-state index contributed by atoms with van der Waals surface area (Å²) in [6, 6.07) is 1.80. The summed E-state index contributed by atoms with van der Waals surface area (Å²) < 4.78 is 0. The van der Waals surface area contributed by atoms with Crippen molar-refractivity contribution in [2.24, 2.45) is 0 Å². The van der Waals surface area contributed by atoms with Crippen LogP contribution in [0.5, 0.6) is 0 Å². The molecule has 1 N–H and O–H groups in total. The number of hydrogen-bond acceptors (Lipinski definition) is 4. The van der Waals surface area contributed by atoms with Crippen LogP contribution in [0.25, 0.3) is 10.8 Å². The zero-order valence-corrected chi connectivity index (χ0v) is 10.9. The summed E-state index contributed by atoms with van der Waals surface area (Å²) in [5.74, 6) is 0.935. The molecule has 3 heterocycles. The molecule has 94 valence electrons. The van der Waals surface area contributed by atoms with Crippen LogP contribution < -0.4 is 4.90 Å². The van der Waals surface area contributed by atoms with E-state index in [0.29, 0.717) is 5.15 Å². The lowest BCUT2D eigenvalue weighted by Gasteiger charge is -2.33. The second kappa shape index (κ2) is 4.37. The summed E-state index contributed by atoms with van der Waals surface area (Å²) in [6.45, 7) is 3.78. The van der Waals surface area contributed by atoms with Gasteiger partial charge >= 0.3 is 0 Å². The van der Waals surface area contributed by atoms with Crippen LogP contribution in [0.1, 0.15) is 25.0 Å². The first-order valence-electron chi connectivity index (χ1n) is 6.04. The second-order valence-corrected chi connectivity index (χ2v) is 4.99. The third-order valence-corrected chi connectivity index (χ3v) is 3.56. The maximum absolute atomic E-state index is 9.80. The van der Waals surface area contributed by atoms with Crippen LogP contribution in [-0.2, 0) is 0 Å². The average Bonchev–Trinajstić information content (AvgIpc) is 2.26. The number of aliphatic hydroxyl groups excluding tert-OH is 1. The number of pyridine rings is 2. The normalized spacial score (nSPS) is 16.7. The van der Waals surface area contributed by atoms with Gasteiger partial charge in [0.15, 0.2) is 0 Å². The molecule has 2 aromatic heterocycles. The van der Waals surface area contributed by atoms with Gasteiger partial charge in [-0.1, -0.05) is 11.6 Å². The average molecular weight is 264 g/mol. The van der Waals surface area contributed by atoms with Crippen LogP contribution >= 0.6 is 11.6 Å². The van der Waals surface area contributed by atoms with Gasteiger partial charge in [-0.05, 0) is 24.8 Å². The Bertz CT molecular complexity index is 596. The van der Waals surface area contributed by atoms with Crippen molar-refractivity contribution < 1.29 is 5.11 Å². The van der Waals surface area contributed by atoms with Crippen molar-refractivity contribution in [2.45, 2.75) is 19.4 Å². The zero-order valence-electron chi connectivity index (χ0n) is 10.1. The van der Waals surface area contributed by atoms with Gasteiger partial charge in [-0.15, -0.1) is 0 Å². The van der Waals surface area contributed by atoms with Gasteiger partial charge in [-0.2, -0.15) is 0 Å². The molecule has 1 fully saturated rings. The quantitative estimate of drug-likeness (QED) is 0.846. The van der Waals surface area contributed by atoms with Crippen molar-refractivity contribution in [3.63, 3.8) is 0 Å². The van der Waals surface area contributed by atoms with Crippen LogP contribution in [-0.4, -0.2) is 28.2 Å². The van der Waals surface area contributed by atoms with Crippen molar-refractivity contribution in [1.82, 2.24) is 9.97 Å². The number of fused-ring (bicyclic) bond motifs is 1. The highest BCUT2D eigenvalue weighted by Crippen LogP contribution is 2.32. The van der Waals surface area contributed by atoms with E-state index in [0.717, 1.165) is 35.2 Å². The van der Waals surface area contributed by atoms with E-state index in [4.69, 9.17) is 11.6 Å². The van der Waals surface area contributed by atoms with Crippen LogP contribution in [0, 0.1) is 0 Å². The van der Waals surface area contributed by atoms with Crippen molar-refractivity contribution in [1.29, 1.82) is 0 Å². The molecule has 1 saturated heterocycles. The second-order valence-electron chi connectivity index (χ2n) is 4.61. The van der Waals surface area contributed by atoms with Crippen molar-refractivity contribution in [2.75, 3.05) is 18.0 Å². The minimum Gasteiger partial charge on any atom is -0.389 e. The van der Waals surface area contributed by atoms with Gasteiger partial charge in [0, 0.05) is 36.4 Å². The summed E-state index contributed by atoms with van der Waals surface area (Å²) in [7, 11) is 0. The fraction of sp³-hybridized carbons (Fsp3) is 0.385. The zero-order chi connectivity index (χ0) is 12.7. The molecule has 18 heavy (non-hydrogen) atoms. The van der Waals surface area contributed by atoms with Gasteiger partial charge in [-0.3, -0.25) is 0 Å². The Kier molecular flexibility index (Phi) is 2.84. The number of halogens is 1. The summed E-state index contributed by atoms with van der Waals surface area (Å²) in [5.41, 5.74) is 0.790. The van der Waals surface area contributed by atoms with E-state index in [1.165, 1.54) is 6.42 Å². The molecule has 1 aliphatic rings. The maximum atomic E-state index is 9.80. The summed E-state index contributed by atoms with van der Waals surface area (Å²) in [5, 5.41) is 12.1. The Morgan fingerprint density at radius 1 is 1.28 bits per heavy atom. The van der Waals surface area contributed by atoms with E-state index in [1.807, 2.05) is 0 Å². The molecular formula is C13H14ClN3O. The third-order valence-electron chi connectivity index (χ3n) is 3.35. The summed E-state index contributed by atoms with van der Waals surface area (Å²) in [6.07, 6.45) is 4.10.